The molecule has 1 amide bonds. The van der Waals surface area contributed by atoms with E-state index in [1.54, 1.807) is 13.0 Å². The quantitative estimate of drug-likeness (QED) is 0.833. The summed E-state index contributed by atoms with van der Waals surface area (Å²) < 4.78 is 23.0. The molecule has 6 nitrogen and oxygen atoms in total. The molecule has 0 radical (unpaired) electrons. The van der Waals surface area contributed by atoms with Gasteiger partial charge < -0.3 is 5.32 Å². The van der Waals surface area contributed by atoms with Gasteiger partial charge >= 0.3 is 0 Å². The first-order chi connectivity index (χ1) is 12.3. The Morgan fingerprint density at radius 2 is 1.96 bits per heavy atom. The van der Waals surface area contributed by atoms with E-state index >= 15 is 0 Å². The maximum atomic E-state index is 12.6. The lowest BCUT2D eigenvalue weighted by Gasteiger charge is -2.17. The predicted octanol–water partition coefficient (Wildman–Crippen LogP) is 1.65. The molecule has 0 aliphatic carbocycles. The molecule has 2 aromatic rings. The van der Waals surface area contributed by atoms with E-state index in [4.69, 9.17) is 5.14 Å². The zero-order chi connectivity index (χ0) is 18.7. The second-order valence-electron chi connectivity index (χ2n) is 6.70. The molecule has 1 aliphatic rings. The third-order valence-electron chi connectivity index (χ3n) is 4.64. The van der Waals surface area contributed by atoms with Crippen LogP contribution in [0.15, 0.2) is 53.4 Å². The van der Waals surface area contributed by atoms with Crippen LogP contribution in [-0.2, 0) is 16.6 Å². The van der Waals surface area contributed by atoms with E-state index in [9.17, 15) is 13.2 Å². The van der Waals surface area contributed by atoms with Crippen molar-refractivity contribution in [2.24, 2.45) is 5.14 Å². The van der Waals surface area contributed by atoms with E-state index in [0.29, 0.717) is 11.1 Å². The van der Waals surface area contributed by atoms with Gasteiger partial charge in [0, 0.05) is 31.2 Å². The van der Waals surface area contributed by atoms with E-state index in [1.807, 2.05) is 18.2 Å². The van der Waals surface area contributed by atoms with Gasteiger partial charge in [-0.2, -0.15) is 0 Å². The van der Waals surface area contributed by atoms with Crippen molar-refractivity contribution in [3.63, 3.8) is 0 Å². The summed E-state index contributed by atoms with van der Waals surface area (Å²) in [5, 5.41) is 8.18. The number of hydrogen-bond acceptors (Lipinski definition) is 4. The van der Waals surface area contributed by atoms with Gasteiger partial charge in [0.25, 0.3) is 5.91 Å². The van der Waals surface area contributed by atoms with Crippen molar-refractivity contribution in [2.45, 2.75) is 30.8 Å². The van der Waals surface area contributed by atoms with Gasteiger partial charge in [0.2, 0.25) is 10.0 Å². The highest BCUT2D eigenvalue weighted by molar-refractivity contribution is 7.89. The molecule has 1 saturated heterocycles. The Morgan fingerprint density at radius 3 is 2.65 bits per heavy atom. The molecule has 138 valence electrons. The zero-order valence-electron chi connectivity index (χ0n) is 14.7. The number of sulfonamides is 1. The molecule has 26 heavy (non-hydrogen) atoms. The van der Waals surface area contributed by atoms with Crippen LogP contribution >= 0.6 is 0 Å². The Balaban J connectivity index is 1.64. The van der Waals surface area contributed by atoms with Gasteiger partial charge in [-0.1, -0.05) is 36.4 Å². The van der Waals surface area contributed by atoms with Crippen molar-refractivity contribution < 1.29 is 13.2 Å². The van der Waals surface area contributed by atoms with Gasteiger partial charge in [0.1, 0.15) is 0 Å². The molecular formula is C19H23N3O3S. The normalized spacial score (nSPS) is 18.0. The zero-order valence-corrected chi connectivity index (χ0v) is 15.5. The van der Waals surface area contributed by atoms with Gasteiger partial charge in [-0.05, 0) is 36.6 Å². The Bertz CT molecular complexity index is 898. The Labute approximate surface area is 154 Å². The number of amides is 1. The van der Waals surface area contributed by atoms with Crippen LogP contribution in [0.1, 0.15) is 27.9 Å². The number of carbonyl (C=O) groups excluding carboxylic acids is 1. The number of carbonyl (C=O) groups is 1. The molecule has 1 unspecified atom stereocenters. The van der Waals surface area contributed by atoms with E-state index in [0.717, 1.165) is 26.1 Å². The van der Waals surface area contributed by atoms with E-state index < -0.39 is 10.0 Å². The number of aryl methyl sites for hydroxylation is 1. The summed E-state index contributed by atoms with van der Waals surface area (Å²) in [5.41, 5.74) is 2.31. The van der Waals surface area contributed by atoms with Gasteiger partial charge in [-0.15, -0.1) is 0 Å². The average Bonchev–Trinajstić information content (AvgIpc) is 3.02. The van der Waals surface area contributed by atoms with Crippen LogP contribution in [0.3, 0.4) is 0 Å². The first kappa shape index (κ1) is 18.6. The second kappa shape index (κ2) is 7.57. The number of nitrogens with one attached hydrogen (secondary N) is 1. The fourth-order valence-corrected chi connectivity index (χ4v) is 3.76. The van der Waals surface area contributed by atoms with Crippen molar-refractivity contribution in [1.29, 1.82) is 0 Å². The molecule has 3 N–H and O–H groups in total. The lowest BCUT2D eigenvalue weighted by molar-refractivity contribution is 0.0937. The summed E-state index contributed by atoms with van der Waals surface area (Å²) in [4.78, 5) is 14.8. The Hall–Kier alpha value is -2.22. The molecule has 1 fully saturated rings. The highest BCUT2D eigenvalue weighted by Gasteiger charge is 2.25. The minimum absolute atomic E-state index is 0.0451. The fourth-order valence-electron chi connectivity index (χ4n) is 3.22. The lowest BCUT2D eigenvalue weighted by Crippen LogP contribution is -2.37. The largest absolute Gasteiger partial charge is 0.348 e. The summed E-state index contributed by atoms with van der Waals surface area (Å²) in [6, 6.07) is 14.6. The minimum Gasteiger partial charge on any atom is -0.348 e. The molecule has 1 atom stereocenters. The highest BCUT2D eigenvalue weighted by Crippen LogP contribution is 2.17. The number of rotatable bonds is 5. The first-order valence-electron chi connectivity index (χ1n) is 8.53. The fraction of sp³-hybridized carbons (Fsp3) is 0.316. The van der Waals surface area contributed by atoms with Gasteiger partial charge in [0.05, 0.1) is 4.90 Å². The summed E-state index contributed by atoms with van der Waals surface area (Å²) >= 11 is 0. The molecule has 7 heteroatoms. The number of likely N-dealkylation sites (tertiary alicyclic amines) is 1. The summed E-state index contributed by atoms with van der Waals surface area (Å²) in [7, 11) is -3.83. The molecule has 0 spiro atoms. The second-order valence-corrected chi connectivity index (χ2v) is 8.26. The number of primary sulfonamides is 1. The van der Waals surface area contributed by atoms with E-state index in [2.05, 4.69) is 22.3 Å². The smallest absolute Gasteiger partial charge is 0.251 e. The van der Waals surface area contributed by atoms with Crippen LogP contribution in [0.2, 0.25) is 0 Å². The molecular weight excluding hydrogens is 350 g/mol. The minimum atomic E-state index is -3.83. The number of benzene rings is 2. The average molecular weight is 373 g/mol. The molecule has 0 aromatic heterocycles. The van der Waals surface area contributed by atoms with Gasteiger partial charge in [0.15, 0.2) is 0 Å². The number of nitrogens with zero attached hydrogens (tertiary/aromatic N) is 1. The monoisotopic (exact) mass is 373 g/mol. The number of hydrogen-bond donors (Lipinski definition) is 2. The van der Waals surface area contributed by atoms with E-state index in [1.165, 1.54) is 17.7 Å². The van der Waals surface area contributed by atoms with Crippen LogP contribution in [0, 0.1) is 6.92 Å². The summed E-state index contributed by atoms with van der Waals surface area (Å²) in [5.74, 6) is -0.264. The van der Waals surface area contributed by atoms with Gasteiger partial charge in [-0.25, -0.2) is 13.6 Å². The maximum Gasteiger partial charge on any atom is 0.251 e. The Morgan fingerprint density at radius 1 is 1.23 bits per heavy atom. The van der Waals surface area contributed by atoms with Crippen molar-refractivity contribution in [2.75, 3.05) is 13.1 Å². The number of nitrogens with two attached hydrogens (primary N) is 1. The molecule has 3 rings (SSSR count). The van der Waals surface area contributed by atoms with Crippen LogP contribution in [0.4, 0.5) is 0 Å². The van der Waals surface area contributed by atoms with Crippen molar-refractivity contribution >= 4 is 15.9 Å². The standard InChI is InChI=1S/C19H23N3O3S/c1-14-7-8-17(26(20,24)25)11-18(14)19(23)21-16-9-10-22(13-16)12-15-5-3-2-4-6-15/h2-8,11,16H,9-10,12-13H2,1H3,(H,21,23)(H2,20,24,25). The lowest BCUT2D eigenvalue weighted by atomic mass is 10.1. The molecule has 0 bridgehead atoms. The van der Waals surface area contributed by atoms with E-state index in [-0.39, 0.29) is 16.8 Å². The molecule has 0 saturated carbocycles. The third-order valence-corrected chi connectivity index (χ3v) is 5.55. The Kier molecular flexibility index (Phi) is 5.41. The predicted molar refractivity (Wildman–Crippen MR) is 100 cm³/mol. The van der Waals surface area contributed by atoms with Crippen molar-refractivity contribution in [3.05, 3.63) is 65.2 Å². The first-order valence-corrected chi connectivity index (χ1v) is 10.1. The maximum absolute atomic E-state index is 12.6. The third kappa shape index (κ3) is 4.49. The van der Waals surface area contributed by atoms with Crippen LogP contribution in [-0.4, -0.2) is 38.4 Å². The summed E-state index contributed by atoms with van der Waals surface area (Å²) in [6.45, 7) is 4.32. The SMILES string of the molecule is Cc1ccc(S(N)(=O)=O)cc1C(=O)NC1CCN(Cc2ccccc2)C1. The van der Waals surface area contributed by atoms with Gasteiger partial charge in [-0.3, -0.25) is 9.69 Å². The topological polar surface area (TPSA) is 92.5 Å². The van der Waals surface area contributed by atoms with Crippen LogP contribution in [0.5, 0.6) is 0 Å². The molecule has 1 aliphatic heterocycles. The molecule has 1 heterocycles. The highest BCUT2D eigenvalue weighted by atomic mass is 32.2. The van der Waals surface area contributed by atoms with Crippen LogP contribution in [0.25, 0.3) is 0 Å². The van der Waals surface area contributed by atoms with Crippen molar-refractivity contribution in [3.8, 4) is 0 Å². The summed E-state index contributed by atoms with van der Waals surface area (Å²) in [6.07, 6.45) is 0.868. The van der Waals surface area contributed by atoms with Crippen LogP contribution < -0.4 is 10.5 Å². The van der Waals surface area contributed by atoms with Crippen molar-refractivity contribution in [1.82, 2.24) is 10.2 Å². The molecule has 2 aromatic carbocycles.